The molecule has 5 N–H and O–H groups in total. The van der Waals surface area contributed by atoms with Gasteiger partial charge in [-0.1, -0.05) is 0 Å². The first kappa shape index (κ1) is 23.8. The lowest BCUT2D eigenvalue weighted by Gasteiger charge is -2.13. The number of hydrogen-bond donors (Lipinski definition) is 5. The van der Waals surface area contributed by atoms with Crippen molar-refractivity contribution >= 4 is 28.7 Å². The fraction of sp³-hybridized carbons (Fsp3) is 0.208. The molecule has 35 heavy (non-hydrogen) atoms. The second-order valence-electron chi connectivity index (χ2n) is 7.69. The topological polar surface area (TPSA) is 162 Å². The highest BCUT2D eigenvalue weighted by Gasteiger charge is 2.22. The third-order valence-electron chi connectivity index (χ3n) is 5.30. The first-order valence-corrected chi connectivity index (χ1v) is 10.7. The van der Waals surface area contributed by atoms with E-state index in [2.05, 4.69) is 30.6 Å². The van der Waals surface area contributed by atoms with Crippen molar-refractivity contribution in [2.75, 3.05) is 25.6 Å². The number of aromatic nitrogens is 4. The van der Waals surface area contributed by atoms with Gasteiger partial charge in [-0.15, -0.1) is 0 Å². The van der Waals surface area contributed by atoms with Crippen molar-refractivity contribution < 1.29 is 24.5 Å². The minimum atomic E-state index is -0.800. The van der Waals surface area contributed by atoms with Gasteiger partial charge in [0.2, 0.25) is 11.8 Å². The molecule has 4 heterocycles. The molecule has 180 valence electrons. The van der Waals surface area contributed by atoms with Gasteiger partial charge in [0, 0.05) is 48.3 Å². The minimum absolute atomic E-state index is 0.256. The van der Waals surface area contributed by atoms with Crippen LogP contribution in [0.1, 0.15) is 17.3 Å². The quantitative estimate of drug-likeness (QED) is 0.257. The molecule has 0 fully saturated rings. The first-order chi connectivity index (χ1) is 16.9. The summed E-state index contributed by atoms with van der Waals surface area (Å²) < 4.78 is 5.17. The summed E-state index contributed by atoms with van der Waals surface area (Å²) in [6.45, 7) is 0.586. The van der Waals surface area contributed by atoms with Crippen molar-refractivity contribution in [1.29, 1.82) is 0 Å². The molecule has 11 nitrogen and oxygen atoms in total. The summed E-state index contributed by atoms with van der Waals surface area (Å²) in [5.41, 5.74) is 3.99. The molecule has 0 saturated heterocycles. The van der Waals surface area contributed by atoms with E-state index in [0.717, 1.165) is 5.56 Å². The van der Waals surface area contributed by atoms with Gasteiger partial charge in [0.05, 0.1) is 48.7 Å². The number of ether oxygens (including phenoxy) is 1. The predicted octanol–water partition coefficient (Wildman–Crippen LogP) is 1.74. The third kappa shape index (κ3) is 4.95. The van der Waals surface area contributed by atoms with E-state index in [0.29, 0.717) is 39.6 Å². The summed E-state index contributed by atoms with van der Waals surface area (Å²) in [4.78, 5) is 40.8. The number of aromatic amines is 1. The number of nitrogens with one attached hydrogen (secondary N) is 3. The van der Waals surface area contributed by atoms with E-state index >= 15 is 0 Å². The molecule has 0 bridgehead atoms. The summed E-state index contributed by atoms with van der Waals surface area (Å²) in [6.07, 6.45) is 4.72. The van der Waals surface area contributed by atoms with Crippen molar-refractivity contribution in [1.82, 2.24) is 25.3 Å². The average Bonchev–Trinajstić information content (AvgIpc) is 3.26. The molecule has 0 atom stereocenters. The number of aliphatic hydroxyl groups is 2. The average molecular weight is 476 g/mol. The maximum Gasteiger partial charge on any atom is 0.253 e. The highest BCUT2D eigenvalue weighted by Crippen LogP contribution is 2.38. The number of pyridine rings is 3. The SMILES string of the molecule is COc1ccc(-c2c(-c3ccnc(NC(C)=O)c3)[nH]c3c(C(=O)NC(CO)CO)ccnc23)cn1. The molecule has 0 unspecified atom stereocenters. The normalized spacial score (nSPS) is 11.0. The molecule has 0 saturated carbocycles. The highest BCUT2D eigenvalue weighted by molar-refractivity contribution is 6.11. The maximum atomic E-state index is 13.0. The lowest BCUT2D eigenvalue weighted by atomic mass is 10.0. The smallest absolute Gasteiger partial charge is 0.253 e. The van der Waals surface area contributed by atoms with Gasteiger partial charge in [-0.3, -0.25) is 14.6 Å². The number of aliphatic hydroxyl groups excluding tert-OH is 2. The molecular weight excluding hydrogens is 452 g/mol. The molecule has 0 aliphatic carbocycles. The molecule has 4 aromatic rings. The summed E-state index contributed by atoms with van der Waals surface area (Å²) in [5, 5.41) is 24.0. The van der Waals surface area contributed by atoms with Gasteiger partial charge in [0.25, 0.3) is 5.91 Å². The van der Waals surface area contributed by atoms with Crippen LogP contribution in [0, 0.1) is 0 Å². The van der Waals surface area contributed by atoms with E-state index in [9.17, 15) is 19.8 Å². The molecular formula is C24H24N6O5. The predicted molar refractivity (Wildman–Crippen MR) is 129 cm³/mol. The Hall–Kier alpha value is -4.35. The Bertz CT molecular complexity index is 1360. The lowest BCUT2D eigenvalue weighted by Crippen LogP contribution is -2.40. The number of H-pyrrole nitrogens is 1. The van der Waals surface area contributed by atoms with Crippen LogP contribution in [0.3, 0.4) is 0 Å². The van der Waals surface area contributed by atoms with E-state index in [-0.39, 0.29) is 11.5 Å². The van der Waals surface area contributed by atoms with Crippen LogP contribution in [0.2, 0.25) is 0 Å². The summed E-state index contributed by atoms with van der Waals surface area (Å²) in [7, 11) is 1.53. The van der Waals surface area contributed by atoms with E-state index in [1.54, 1.807) is 36.7 Å². The number of amides is 2. The zero-order valence-corrected chi connectivity index (χ0v) is 19.1. The van der Waals surface area contributed by atoms with Gasteiger partial charge < -0.3 is 30.6 Å². The van der Waals surface area contributed by atoms with E-state index in [4.69, 9.17) is 4.74 Å². The Morgan fingerprint density at radius 2 is 1.83 bits per heavy atom. The highest BCUT2D eigenvalue weighted by atomic mass is 16.5. The first-order valence-electron chi connectivity index (χ1n) is 10.7. The van der Waals surface area contributed by atoms with Crippen LogP contribution >= 0.6 is 0 Å². The molecule has 11 heteroatoms. The van der Waals surface area contributed by atoms with Crippen LogP contribution in [0.5, 0.6) is 5.88 Å². The molecule has 4 rings (SSSR count). The van der Waals surface area contributed by atoms with Crippen LogP contribution in [-0.2, 0) is 4.79 Å². The van der Waals surface area contributed by atoms with Gasteiger partial charge in [0.1, 0.15) is 5.82 Å². The van der Waals surface area contributed by atoms with Gasteiger partial charge in [-0.25, -0.2) is 9.97 Å². The molecule has 4 aromatic heterocycles. The number of rotatable bonds is 8. The number of carbonyl (C=O) groups is 2. The summed E-state index contributed by atoms with van der Waals surface area (Å²) >= 11 is 0. The Kier molecular flexibility index (Phi) is 6.99. The minimum Gasteiger partial charge on any atom is -0.481 e. The molecule has 0 radical (unpaired) electrons. The Balaban J connectivity index is 1.92. The Labute approximate surface area is 200 Å². The molecule has 0 aromatic carbocycles. The Morgan fingerprint density at radius 3 is 2.49 bits per heavy atom. The van der Waals surface area contributed by atoms with E-state index in [1.165, 1.54) is 20.2 Å². The van der Waals surface area contributed by atoms with E-state index < -0.39 is 25.2 Å². The van der Waals surface area contributed by atoms with Gasteiger partial charge >= 0.3 is 0 Å². The summed E-state index contributed by atoms with van der Waals surface area (Å²) in [6, 6.07) is 7.77. The fourth-order valence-corrected chi connectivity index (χ4v) is 3.67. The van der Waals surface area contributed by atoms with Crippen LogP contribution < -0.4 is 15.4 Å². The third-order valence-corrected chi connectivity index (χ3v) is 5.30. The molecule has 0 spiro atoms. The van der Waals surface area contributed by atoms with Gasteiger partial charge in [-0.2, -0.15) is 0 Å². The number of carbonyl (C=O) groups excluding carboxylic acids is 2. The van der Waals surface area contributed by atoms with Crippen LogP contribution in [0.15, 0.2) is 48.9 Å². The zero-order valence-electron chi connectivity index (χ0n) is 19.1. The Morgan fingerprint density at radius 1 is 1.06 bits per heavy atom. The molecule has 0 aliphatic heterocycles. The maximum absolute atomic E-state index is 13.0. The molecule has 0 aliphatic rings. The van der Waals surface area contributed by atoms with Crippen molar-refractivity contribution in [2.45, 2.75) is 13.0 Å². The fourth-order valence-electron chi connectivity index (χ4n) is 3.67. The van der Waals surface area contributed by atoms with Crippen LogP contribution in [0.4, 0.5) is 5.82 Å². The molecule has 2 amide bonds. The van der Waals surface area contributed by atoms with Crippen molar-refractivity contribution in [2.24, 2.45) is 0 Å². The monoisotopic (exact) mass is 476 g/mol. The second-order valence-corrected chi connectivity index (χ2v) is 7.69. The standard InChI is InChI=1S/C24H24N6O5/c1-13(33)28-18-9-14(5-7-25-18)21-20(15-3-4-19(35-2)27-10-15)23-22(30-21)17(6-8-26-23)24(34)29-16(11-31)12-32/h3-10,16,30-32H,11-12H2,1-2H3,(H,29,34)(H,25,28,33). The van der Waals surface area contributed by atoms with Crippen LogP contribution in [-0.4, -0.2) is 68.3 Å². The number of anilines is 1. The zero-order chi connectivity index (χ0) is 24.9. The van der Waals surface area contributed by atoms with Crippen molar-refractivity contribution in [3.63, 3.8) is 0 Å². The number of methoxy groups -OCH3 is 1. The largest absolute Gasteiger partial charge is 0.481 e. The summed E-state index contributed by atoms with van der Waals surface area (Å²) in [5.74, 6) is 0.0754. The van der Waals surface area contributed by atoms with Crippen LogP contribution in [0.25, 0.3) is 33.4 Å². The number of hydrogen-bond acceptors (Lipinski definition) is 8. The second kappa shape index (κ2) is 10.3. The van der Waals surface area contributed by atoms with E-state index in [1.807, 2.05) is 6.07 Å². The number of nitrogens with zero attached hydrogens (tertiary/aromatic N) is 3. The van der Waals surface area contributed by atoms with Crippen molar-refractivity contribution in [3.05, 3.63) is 54.5 Å². The van der Waals surface area contributed by atoms with Crippen molar-refractivity contribution in [3.8, 4) is 28.3 Å². The lowest BCUT2D eigenvalue weighted by molar-refractivity contribution is -0.114. The number of fused-ring (bicyclic) bond motifs is 1. The van der Waals surface area contributed by atoms with Gasteiger partial charge in [0.15, 0.2) is 0 Å². The van der Waals surface area contributed by atoms with Gasteiger partial charge in [-0.05, 0) is 24.3 Å².